The first-order valence-corrected chi connectivity index (χ1v) is 25.1. The smallest absolute Gasteiger partial charge is 0.121 e. The van der Waals surface area contributed by atoms with E-state index in [0.717, 1.165) is 50.1 Å². The maximum absolute atomic E-state index is 5.48. The summed E-state index contributed by atoms with van der Waals surface area (Å²) < 4.78 is 6.75. The van der Waals surface area contributed by atoms with Gasteiger partial charge in [-0.05, 0) is 57.0 Å². The van der Waals surface area contributed by atoms with E-state index in [2.05, 4.69) is 305 Å². The number of rotatable bonds is 15. The van der Waals surface area contributed by atoms with E-state index in [1.807, 2.05) is 19.0 Å². The van der Waals surface area contributed by atoms with Crippen LogP contribution in [-0.4, -0.2) is 28.7 Å². The van der Waals surface area contributed by atoms with Crippen molar-refractivity contribution in [3.63, 3.8) is 0 Å². The Hall–Kier alpha value is -9.39. The van der Waals surface area contributed by atoms with E-state index in [4.69, 9.17) is 21.9 Å². The Labute approximate surface area is 433 Å². The monoisotopic (exact) mass is 953 g/mol. The summed E-state index contributed by atoms with van der Waals surface area (Å²) in [5, 5.41) is 0. The van der Waals surface area contributed by atoms with Gasteiger partial charge >= 0.3 is 0 Å². The fraction of sp³-hybridized carbons (Fsp3) is 0.0588. The molecule has 355 valence electrons. The van der Waals surface area contributed by atoms with Crippen LogP contribution in [-0.2, 0) is 22.0 Å². The minimum Gasteiger partial charge on any atom is -0.319 e. The lowest BCUT2D eigenvalue weighted by atomic mass is 9.76. The molecule has 0 unspecified atom stereocenters. The second-order valence-electron chi connectivity index (χ2n) is 18.8. The van der Waals surface area contributed by atoms with Crippen LogP contribution in [0.2, 0.25) is 0 Å². The lowest BCUT2D eigenvalue weighted by molar-refractivity contribution is 0.510. The summed E-state index contributed by atoms with van der Waals surface area (Å²) >= 11 is 0. The molecule has 0 saturated carbocycles. The molecule has 0 aliphatic carbocycles. The van der Waals surface area contributed by atoms with Crippen LogP contribution >= 0.6 is 0 Å². The molecule has 0 aliphatic rings. The minimum absolute atomic E-state index is 0.676. The molecule has 0 amide bonds. The highest BCUT2D eigenvalue weighted by molar-refractivity contribution is 5.56. The highest BCUT2D eigenvalue weighted by Crippen LogP contribution is 2.47. The van der Waals surface area contributed by atoms with Gasteiger partial charge in [-0.2, -0.15) is 0 Å². The summed E-state index contributed by atoms with van der Waals surface area (Å²) in [4.78, 5) is 16.4. The topological polar surface area (TPSA) is 53.5 Å². The van der Waals surface area contributed by atoms with Gasteiger partial charge < -0.3 is 13.7 Å². The quantitative estimate of drug-likeness (QED) is 0.0962. The maximum Gasteiger partial charge on any atom is 0.121 e. The molecule has 6 nitrogen and oxygen atoms in total. The van der Waals surface area contributed by atoms with Crippen molar-refractivity contribution in [1.82, 2.24) is 28.7 Å². The van der Waals surface area contributed by atoms with Gasteiger partial charge in [-0.3, -0.25) is 0 Å². The van der Waals surface area contributed by atoms with Crippen LogP contribution in [0.5, 0.6) is 0 Å². The zero-order valence-electron chi connectivity index (χ0n) is 40.8. The predicted molar refractivity (Wildman–Crippen MR) is 296 cm³/mol. The van der Waals surface area contributed by atoms with Crippen molar-refractivity contribution < 1.29 is 0 Å². The molecule has 3 aromatic heterocycles. The van der Waals surface area contributed by atoms with Gasteiger partial charge in [0.15, 0.2) is 0 Å². The molecule has 0 N–H and O–H groups in total. The zero-order valence-corrected chi connectivity index (χ0v) is 40.8. The normalized spacial score (nSPS) is 12.1. The van der Waals surface area contributed by atoms with Crippen LogP contribution in [0.3, 0.4) is 0 Å². The number of imidazole rings is 3. The Morgan fingerprint density at radius 3 is 0.527 bits per heavy atom. The first-order valence-electron chi connectivity index (χ1n) is 25.1. The molecule has 0 bridgehead atoms. The van der Waals surface area contributed by atoms with E-state index in [0.29, 0.717) is 17.1 Å². The van der Waals surface area contributed by atoms with Gasteiger partial charge in [0.2, 0.25) is 0 Å². The summed E-state index contributed by atoms with van der Waals surface area (Å²) in [7, 11) is 0. The first-order chi connectivity index (χ1) is 36.6. The van der Waals surface area contributed by atoms with E-state index < -0.39 is 22.0 Å². The van der Waals surface area contributed by atoms with Crippen molar-refractivity contribution in [2.45, 2.75) is 22.0 Å². The van der Waals surface area contributed by atoms with Crippen LogP contribution in [0.4, 0.5) is 0 Å². The minimum atomic E-state index is -1.29. The summed E-state index contributed by atoms with van der Waals surface area (Å²) in [6.45, 7) is 5.29. The molecular weight excluding hydrogens is 901 g/mol. The zero-order chi connectivity index (χ0) is 49.8. The molecule has 3 heterocycles. The van der Waals surface area contributed by atoms with Crippen molar-refractivity contribution in [2.75, 3.05) is 0 Å². The van der Waals surface area contributed by atoms with E-state index >= 15 is 0 Å². The Bertz CT molecular complexity index is 3020. The van der Waals surface area contributed by atoms with Crippen LogP contribution in [0, 0.1) is 6.92 Å². The number of benzene rings is 9. The fourth-order valence-electron chi connectivity index (χ4n) is 11.5. The largest absolute Gasteiger partial charge is 0.319 e. The highest BCUT2D eigenvalue weighted by atomic mass is 15.2. The second kappa shape index (κ2) is 19.3. The number of aromatic nitrogens is 6. The molecule has 74 heavy (non-hydrogen) atoms. The van der Waals surface area contributed by atoms with Crippen LogP contribution in [0.15, 0.2) is 311 Å². The summed E-state index contributed by atoms with van der Waals surface area (Å²) in [6.07, 6.45) is 12.4. The highest BCUT2D eigenvalue weighted by Gasteiger charge is 2.46. The summed E-state index contributed by atoms with van der Waals surface area (Å²) in [5.74, 6) is 0. The maximum atomic E-state index is 5.48. The van der Waals surface area contributed by atoms with Crippen LogP contribution < -0.4 is 0 Å². The fourth-order valence-corrected chi connectivity index (χ4v) is 11.5. The third kappa shape index (κ3) is 7.37. The third-order valence-electron chi connectivity index (χ3n) is 14.9. The molecular formula is C68H53N6. The lowest BCUT2D eigenvalue weighted by Crippen LogP contribution is -2.38. The molecule has 12 aromatic rings. The lowest BCUT2D eigenvalue weighted by Gasteiger charge is -2.38. The van der Waals surface area contributed by atoms with Crippen molar-refractivity contribution in [2.24, 2.45) is 0 Å². The Balaban J connectivity index is 1.14. The summed E-state index contributed by atoms with van der Waals surface area (Å²) in [6, 6.07) is 96.2. The number of hydrogen-bond donors (Lipinski definition) is 0. The molecule has 0 saturated heterocycles. The van der Waals surface area contributed by atoms with Gasteiger partial charge in [-0.1, -0.05) is 273 Å². The van der Waals surface area contributed by atoms with Gasteiger partial charge in [0, 0.05) is 18.6 Å². The van der Waals surface area contributed by atoms with Crippen LogP contribution in [0.1, 0.15) is 67.2 Å². The predicted octanol–water partition coefficient (Wildman–Crippen LogP) is 14.0. The Morgan fingerprint density at radius 1 is 0.230 bits per heavy atom. The van der Waals surface area contributed by atoms with Gasteiger partial charge in [-0.25, -0.2) is 15.0 Å². The Kier molecular flexibility index (Phi) is 11.9. The van der Waals surface area contributed by atoms with Gasteiger partial charge in [0.25, 0.3) is 0 Å². The first kappa shape index (κ1) is 45.7. The second-order valence-corrected chi connectivity index (χ2v) is 18.8. The van der Waals surface area contributed by atoms with E-state index in [1.54, 1.807) is 0 Å². The van der Waals surface area contributed by atoms with Crippen molar-refractivity contribution in [1.29, 1.82) is 0 Å². The number of hydrogen-bond acceptors (Lipinski definition) is 3. The molecule has 6 heteroatoms. The molecule has 0 fully saturated rings. The van der Waals surface area contributed by atoms with Crippen molar-refractivity contribution in [3.8, 4) is 0 Å². The van der Waals surface area contributed by atoms with Crippen molar-refractivity contribution in [3.05, 3.63) is 385 Å². The molecule has 9 aromatic carbocycles. The molecule has 0 atom stereocenters. The van der Waals surface area contributed by atoms with E-state index in [1.165, 1.54) is 0 Å². The van der Waals surface area contributed by atoms with Gasteiger partial charge in [0.05, 0.1) is 36.1 Å². The summed E-state index contributed by atoms with van der Waals surface area (Å²) in [5.41, 5.74) is 8.00. The average molecular weight is 954 g/mol. The third-order valence-corrected chi connectivity index (χ3v) is 14.9. The van der Waals surface area contributed by atoms with Gasteiger partial charge in [-0.15, -0.1) is 0 Å². The van der Waals surface area contributed by atoms with Crippen LogP contribution in [0.25, 0.3) is 0 Å². The standard InChI is InChI=1S/C68H53N6/c1-65(62-47-72(50-69-62)66(53-29-11-2-12-30-53,54-31-13-3-14-32-54)55-33-15-4-16-34-55,63-48-73(51-70-63)67(56-35-17-5-18-36-56,57-37-19-6-20-38-57)58-39-21-7-22-40-58)64-49-74(52-71-64)68(59-41-23-8-24-42-59,60-43-25-9-26-44-60)61-45-27-10-28-46-61/h2-52H,1H2. The van der Waals surface area contributed by atoms with Crippen molar-refractivity contribution >= 4 is 0 Å². The Morgan fingerprint density at radius 2 is 0.378 bits per heavy atom. The molecule has 12 rings (SSSR count). The van der Waals surface area contributed by atoms with E-state index in [9.17, 15) is 0 Å². The molecule has 0 aliphatic heterocycles. The molecule has 1 radical (unpaired) electrons. The van der Waals surface area contributed by atoms with Gasteiger partial charge in [0.1, 0.15) is 22.0 Å². The SMILES string of the molecule is [CH2]C(c1cn(C(c2ccccc2)(c2ccccc2)c2ccccc2)cn1)(c1cn(C(c2ccccc2)(c2ccccc2)c2ccccc2)cn1)c1cn(C(c2ccccc2)(c2ccccc2)c2ccccc2)cn1. The van der Waals surface area contributed by atoms with E-state index in [-0.39, 0.29) is 0 Å². The average Bonchev–Trinajstić information content (AvgIpc) is 4.32. The number of nitrogens with zero attached hydrogens (tertiary/aromatic N) is 6. The molecule has 0 spiro atoms.